The minimum Gasteiger partial charge on any atom is -0.355 e. The lowest BCUT2D eigenvalue weighted by atomic mass is 10.1. The van der Waals surface area contributed by atoms with Crippen molar-refractivity contribution in [2.24, 2.45) is 0 Å². The molecular formula is C17H34N2O2S. The molecular weight excluding hydrogens is 296 g/mol. The highest BCUT2D eigenvalue weighted by Crippen LogP contribution is 2.10. The van der Waals surface area contributed by atoms with E-state index in [1.165, 1.54) is 57.8 Å². The highest BCUT2D eigenvalue weighted by molar-refractivity contribution is 7.80. The first kappa shape index (κ1) is 21.3. The summed E-state index contributed by atoms with van der Waals surface area (Å²) >= 11 is 3.97. The molecule has 0 radical (unpaired) electrons. The summed E-state index contributed by atoms with van der Waals surface area (Å²) in [6, 6.07) is 0. The van der Waals surface area contributed by atoms with Crippen LogP contribution in [0.15, 0.2) is 0 Å². The quantitative estimate of drug-likeness (QED) is 0.318. The minimum absolute atomic E-state index is 0.0738. The summed E-state index contributed by atoms with van der Waals surface area (Å²) in [4.78, 5) is 22.6. The van der Waals surface area contributed by atoms with Gasteiger partial charge in [0.1, 0.15) is 0 Å². The van der Waals surface area contributed by atoms with Gasteiger partial charge in [-0.2, -0.15) is 12.6 Å². The number of rotatable bonds is 15. The average Bonchev–Trinajstić information content (AvgIpc) is 2.51. The van der Waals surface area contributed by atoms with Crippen molar-refractivity contribution in [3.05, 3.63) is 0 Å². The maximum Gasteiger partial charge on any atom is 0.239 e. The molecule has 0 spiro atoms. The van der Waals surface area contributed by atoms with Crippen molar-refractivity contribution in [1.29, 1.82) is 0 Å². The SMILES string of the molecule is CCCCCCCCCCCCNC(=O)CNC(=O)CCS. The van der Waals surface area contributed by atoms with Crippen molar-refractivity contribution in [3.63, 3.8) is 0 Å². The first-order valence-electron chi connectivity index (χ1n) is 8.85. The van der Waals surface area contributed by atoms with Gasteiger partial charge < -0.3 is 10.6 Å². The van der Waals surface area contributed by atoms with Crippen LogP contribution in [-0.4, -0.2) is 30.7 Å². The van der Waals surface area contributed by atoms with Crippen LogP contribution in [0.5, 0.6) is 0 Å². The Bertz CT molecular complexity index is 286. The number of hydrogen-bond donors (Lipinski definition) is 3. The molecule has 0 unspecified atom stereocenters. The molecule has 0 aliphatic heterocycles. The van der Waals surface area contributed by atoms with E-state index in [1.807, 2.05) is 0 Å². The Labute approximate surface area is 141 Å². The third-order valence-corrected chi connectivity index (χ3v) is 3.86. The van der Waals surface area contributed by atoms with E-state index < -0.39 is 0 Å². The normalized spacial score (nSPS) is 10.5. The highest BCUT2D eigenvalue weighted by Gasteiger charge is 2.03. The lowest BCUT2D eigenvalue weighted by Crippen LogP contribution is -2.37. The topological polar surface area (TPSA) is 58.2 Å². The van der Waals surface area contributed by atoms with Crippen LogP contribution in [0.25, 0.3) is 0 Å². The van der Waals surface area contributed by atoms with Gasteiger partial charge in [0.2, 0.25) is 11.8 Å². The summed E-state index contributed by atoms with van der Waals surface area (Å²) in [5.74, 6) is 0.277. The maximum absolute atomic E-state index is 11.5. The van der Waals surface area contributed by atoms with E-state index in [2.05, 4.69) is 30.2 Å². The first-order valence-corrected chi connectivity index (χ1v) is 9.48. The number of unbranched alkanes of at least 4 members (excludes halogenated alkanes) is 9. The minimum atomic E-state index is -0.121. The zero-order chi connectivity index (χ0) is 16.5. The van der Waals surface area contributed by atoms with Crippen molar-refractivity contribution in [2.75, 3.05) is 18.8 Å². The smallest absolute Gasteiger partial charge is 0.239 e. The molecule has 0 rings (SSSR count). The average molecular weight is 331 g/mol. The van der Waals surface area contributed by atoms with Crippen molar-refractivity contribution in [1.82, 2.24) is 10.6 Å². The Balaban J connectivity index is 3.22. The van der Waals surface area contributed by atoms with Gasteiger partial charge in [-0.05, 0) is 12.2 Å². The van der Waals surface area contributed by atoms with E-state index in [0.29, 0.717) is 18.7 Å². The number of hydrogen-bond acceptors (Lipinski definition) is 3. The Morgan fingerprint density at radius 2 is 1.32 bits per heavy atom. The van der Waals surface area contributed by atoms with Crippen LogP contribution in [0.1, 0.15) is 77.6 Å². The lowest BCUT2D eigenvalue weighted by molar-refractivity contribution is -0.125. The molecule has 2 amide bonds. The Hall–Kier alpha value is -0.710. The van der Waals surface area contributed by atoms with Gasteiger partial charge in [0.15, 0.2) is 0 Å². The molecule has 0 bridgehead atoms. The number of thiol groups is 1. The maximum atomic E-state index is 11.5. The molecule has 0 atom stereocenters. The molecule has 0 aromatic carbocycles. The van der Waals surface area contributed by atoms with Crippen LogP contribution in [0.3, 0.4) is 0 Å². The molecule has 0 aliphatic carbocycles. The molecule has 5 heteroatoms. The number of carbonyl (C=O) groups is 2. The van der Waals surface area contributed by atoms with Crippen LogP contribution < -0.4 is 10.6 Å². The second-order valence-corrected chi connectivity index (χ2v) is 6.23. The summed E-state index contributed by atoms with van der Waals surface area (Å²) in [5.41, 5.74) is 0. The van der Waals surface area contributed by atoms with E-state index in [1.54, 1.807) is 0 Å². The van der Waals surface area contributed by atoms with Gasteiger partial charge in [-0.1, -0.05) is 64.7 Å². The van der Waals surface area contributed by atoms with E-state index >= 15 is 0 Å². The second kappa shape index (κ2) is 16.7. The van der Waals surface area contributed by atoms with E-state index in [9.17, 15) is 9.59 Å². The number of nitrogens with one attached hydrogen (secondary N) is 2. The summed E-state index contributed by atoms with van der Waals surface area (Å²) < 4.78 is 0. The molecule has 0 aliphatic rings. The highest BCUT2D eigenvalue weighted by atomic mass is 32.1. The fraction of sp³-hybridized carbons (Fsp3) is 0.882. The zero-order valence-electron chi connectivity index (χ0n) is 14.2. The second-order valence-electron chi connectivity index (χ2n) is 5.78. The summed E-state index contributed by atoms with van der Waals surface area (Å²) in [6.07, 6.45) is 13.2. The molecule has 130 valence electrons. The van der Waals surface area contributed by atoms with Crippen molar-refractivity contribution < 1.29 is 9.59 Å². The Morgan fingerprint density at radius 1 is 0.773 bits per heavy atom. The Morgan fingerprint density at radius 3 is 1.86 bits per heavy atom. The molecule has 4 nitrogen and oxygen atoms in total. The van der Waals surface area contributed by atoms with Crippen molar-refractivity contribution in [2.45, 2.75) is 77.6 Å². The lowest BCUT2D eigenvalue weighted by Gasteiger charge is -2.06. The monoisotopic (exact) mass is 330 g/mol. The molecule has 2 N–H and O–H groups in total. The summed E-state index contributed by atoms with van der Waals surface area (Å²) in [6.45, 7) is 3.02. The van der Waals surface area contributed by atoms with Crippen LogP contribution in [0.4, 0.5) is 0 Å². The largest absolute Gasteiger partial charge is 0.355 e. The van der Waals surface area contributed by atoms with E-state index in [0.717, 1.165) is 6.42 Å². The van der Waals surface area contributed by atoms with Crippen LogP contribution in [0.2, 0.25) is 0 Å². The van der Waals surface area contributed by atoms with Gasteiger partial charge in [-0.3, -0.25) is 9.59 Å². The van der Waals surface area contributed by atoms with Crippen molar-refractivity contribution in [3.8, 4) is 0 Å². The molecule has 0 aromatic rings. The van der Waals surface area contributed by atoms with Gasteiger partial charge in [0.25, 0.3) is 0 Å². The Kier molecular flexibility index (Phi) is 16.1. The summed E-state index contributed by atoms with van der Waals surface area (Å²) in [5, 5.41) is 5.41. The van der Waals surface area contributed by atoms with Gasteiger partial charge in [0, 0.05) is 13.0 Å². The predicted octanol–water partition coefficient (Wildman–Crippen LogP) is 3.46. The van der Waals surface area contributed by atoms with Crippen molar-refractivity contribution >= 4 is 24.4 Å². The van der Waals surface area contributed by atoms with Gasteiger partial charge >= 0.3 is 0 Å². The first-order chi connectivity index (χ1) is 10.7. The van der Waals surface area contributed by atoms with Gasteiger partial charge in [0.05, 0.1) is 6.54 Å². The van der Waals surface area contributed by atoms with Gasteiger partial charge in [-0.15, -0.1) is 0 Å². The van der Waals surface area contributed by atoms with E-state index in [4.69, 9.17) is 0 Å². The molecule has 0 saturated heterocycles. The molecule has 0 fully saturated rings. The molecule has 22 heavy (non-hydrogen) atoms. The van der Waals surface area contributed by atoms with E-state index in [-0.39, 0.29) is 18.4 Å². The number of carbonyl (C=O) groups excluding carboxylic acids is 2. The van der Waals surface area contributed by atoms with Crippen LogP contribution in [0, 0.1) is 0 Å². The predicted molar refractivity (Wildman–Crippen MR) is 96.3 cm³/mol. The van der Waals surface area contributed by atoms with Gasteiger partial charge in [-0.25, -0.2) is 0 Å². The molecule has 0 saturated carbocycles. The summed E-state index contributed by atoms with van der Waals surface area (Å²) in [7, 11) is 0. The molecule has 0 heterocycles. The molecule has 0 aromatic heterocycles. The van der Waals surface area contributed by atoms with Crippen LogP contribution >= 0.6 is 12.6 Å². The fourth-order valence-corrected chi connectivity index (χ4v) is 2.47. The third kappa shape index (κ3) is 15.7. The standard InChI is InChI=1S/C17H34N2O2S/c1-2-3-4-5-6-7-8-9-10-11-13-18-17(21)15-19-16(20)12-14-22/h22H,2-15H2,1H3,(H,18,21)(H,19,20). The van der Waals surface area contributed by atoms with Crippen LogP contribution in [-0.2, 0) is 9.59 Å². The number of amides is 2. The fourth-order valence-electron chi connectivity index (χ4n) is 2.27. The zero-order valence-corrected chi connectivity index (χ0v) is 15.1. The third-order valence-electron chi connectivity index (χ3n) is 3.64.